The molecule has 0 aliphatic heterocycles. The zero-order chi connectivity index (χ0) is 8.97. The predicted molar refractivity (Wildman–Crippen MR) is 42.2 cm³/mol. The molecule has 0 saturated heterocycles. The van der Waals surface area contributed by atoms with E-state index in [1.54, 1.807) is 22.9 Å². The van der Waals surface area contributed by atoms with Gasteiger partial charge < -0.3 is 22.8 Å². The van der Waals surface area contributed by atoms with Crippen molar-refractivity contribution in [1.29, 1.82) is 0 Å². The van der Waals surface area contributed by atoms with Crippen molar-refractivity contribution in [3.05, 3.63) is 30.1 Å². The molecule has 0 spiro atoms. The van der Waals surface area contributed by atoms with E-state index in [1.807, 2.05) is 13.2 Å². The van der Waals surface area contributed by atoms with E-state index in [4.69, 9.17) is 5.11 Å². The predicted octanol–water partition coefficient (Wildman–Crippen LogP) is -3.81. The molecule has 0 aromatic carbocycles. The van der Waals surface area contributed by atoms with Gasteiger partial charge in [-0.25, -0.2) is 4.57 Å². The zero-order valence-electron chi connectivity index (χ0n) is 7.20. The number of pyridine rings is 1. The lowest BCUT2D eigenvalue weighted by Gasteiger charge is -1.98. The summed E-state index contributed by atoms with van der Waals surface area (Å²) in [6, 6.07) is 3.46. The highest BCUT2D eigenvalue weighted by Gasteiger charge is 2.06. The second-order valence-corrected chi connectivity index (χ2v) is 2.42. The quantitative estimate of drug-likeness (QED) is 0.382. The van der Waals surface area contributed by atoms with Crippen molar-refractivity contribution in [3.8, 4) is 0 Å². The van der Waals surface area contributed by atoms with Crippen molar-refractivity contribution in [2.75, 3.05) is 6.73 Å². The first-order chi connectivity index (χ1) is 5.74. The number of aromatic nitrogens is 1. The lowest BCUT2D eigenvalue weighted by molar-refractivity contribution is -0.671. The lowest BCUT2D eigenvalue weighted by Crippen LogP contribution is -3.00. The number of halogens is 1. The summed E-state index contributed by atoms with van der Waals surface area (Å²) in [5.41, 5.74) is 0.536. The molecule has 0 bridgehead atoms. The van der Waals surface area contributed by atoms with Crippen LogP contribution in [0.5, 0.6) is 0 Å². The maximum atomic E-state index is 11.1. The van der Waals surface area contributed by atoms with E-state index in [1.165, 1.54) is 0 Å². The summed E-state index contributed by atoms with van der Waals surface area (Å²) in [5, 5.41) is 10.7. The Morgan fingerprint density at radius 3 is 2.92 bits per heavy atom. The number of aliphatic hydroxyl groups is 1. The van der Waals surface area contributed by atoms with E-state index in [0.717, 1.165) is 0 Å². The topological polar surface area (TPSA) is 53.2 Å². The Morgan fingerprint density at radius 2 is 2.38 bits per heavy atom. The Morgan fingerprint density at radius 1 is 1.69 bits per heavy atom. The molecule has 0 aliphatic carbocycles. The van der Waals surface area contributed by atoms with Gasteiger partial charge in [0, 0.05) is 6.07 Å². The third kappa shape index (κ3) is 3.40. The van der Waals surface area contributed by atoms with Gasteiger partial charge in [-0.15, -0.1) is 0 Å². The number of hydrogen-bond donors (Lipinski definition) is 2. The van der Waals surface area contributed by atoms with Crippen molar-refractivity contribution >= 4 is 5.91 Å². The standard InChI is InChI=1S/C8H10N2O2.ClH/c1-10-4-2-3-7(5-10)8(12)9-6-11;/h2-5,11H,6H2,1H3;1H. The van der Waals surface area contributed by atoms with Gasteiger partial charge in [-0.1, -0.05) is 0 Å². The summed E-state index contributed by atoms with van der Waals surface area (Å²) in [6.45, 7) is -0.336. The number of aliphatic hydroxyl groups excluding tert-OH is 1. The van der Waals surface area contributed by atoms with E-state index < -0.39 is 0 Å². The number of aryl methyl sites for hydroxylation is 1. The Balaban J connectivity index is 0.00000144. The van der Waals surface area contributed by atoms with E-state index in [2.05, 4.69) is 5.32 Å². The molecule has 5 heteroatoms. The SMILES string of the molecule is C[n+]1cccc(C(=O)NCO)c1.[Cl-]. The summed E-state index contributed by atoms with van der Waals surface area (Å²) >= 11 is 0. The fraction of sp³-hybridized carbons (Fsp3) is 0.250. The first-order valence-electron chi connectivity index (χ1n) is 3.58. The highest BCUT2D eigenvalue weighted by Crippen LogP contribution is 1.92. The summed E-state index contributed by atoms with van der Waals surface area (Å²) in [6.07, 6.45) is 3.51. The summed E-state index contributed by atoms with van der Waals surface area (Å²) in [7, 11) is 1.83. The first-order valence-corrected chi connectivity index (χ1v) is 3.58. The van der Waals surface area contributed by atoms with Crippen LogP contribution in [0.4, 0.5) is 0 Å². The third-order valence-corrected chi connectivity index (χ3v) is 1.44. The number of nitrogens with one attached hydrogen (secondary N) is 1. The summed E-state index contributed by atoms with van der Waals surface area (Å²) < 4.78 is 1.77. The van der Waals surface area contributed by atoms with E-state index in [-0.39, 0.29) is 25.0 Å². The highest BCUT2D eigenvalue weighted by atomic mass is 35.5. The van der Waals surface area contributed by atoms with E-state index in [0.29, 0.717) is 5.56 Å². The number of rotatable bonds is 2. The number of amides is 1. The van der Waals surface area contributed by atoms with Gasteiger partial charge in [-0.05, 0) is 6.07 Å². The van der Waals surface area contributed by atoms with Gasteiger partial charge in [0.1, 0.15) is 19.3 Å². The average Bonchev–Trinajstić information content (AvgIpc) is 2.05. The minimum absolute atomic E-state index is 0. The second-order valence-electron chi connectivity index (χ2n) is 2.42. The normalized spacial score (nSPS) is 8.77. The molecule has 1 amide bonds. The molecule has 0 fully saturated rings. The van der Waals surface area contributed by atoms with Crippen LogP contribution in [0.25, 0.3) is 0 Å². The number of carbonyl (C=O) groups excluding carboxylic acids is 1. The molecule has 13 heavy (non-hydrogen) atoms. The first kappa shape index (κ1) is 11.9. The van der Waals surface area contributed by atoms with Crippen LogP contribution in [0.3, 0.4) is 0 Å². The molecular formula is C8H11ClN2O2. The smallest absolute Gasteiger partial charge is 0.259 e. The van der Waals surface area contributed by atoms with Crippen molar-refractivity contribution in [2.24, 2.45) is 7.05 Å². The van der Waals surface area contributed by atoms with Crippen LogP contribution < -0.4 is 22.3 Å². The van der Waals surface area contributed by atoms with Crippen molar-refractivity contribution < 1.29 is 26.9 Å². The second kappa shape index (κ2) is 5.50. The minimum atomic E-state index is -0.336. The molecule has 0 unspecified atom stereocenters. The Labute approximate surface area is 82.6 Å². The third-order valence-electron chi connectivity index (χ3n) is 1.44. The number of nitrogens with zero attached hydrogens (tertiary/aromatic N) is 1. The Hall–Kier alpha value is -1.13. The lowest BCUT2D eigenvalue weighted by atomic mass is 10.3. The van der Waals surface area contributed by atoms with Gasteiger partial charge in [0.2, 0.25) is 0 Å². The highest BCUT2D eigenvalue weighted by molar-refractivity contribution is 5.93. The maximum absolute atomic E-state index is 11.1. The molecular weight excluding hydrogens is 192 g/mol. The molecule has 72 valence electrons. The van der Waals surface area contributed by atoms with Crippen LogP contribution in [0, 0.1) is 0 Å². The average molecular weight is 203 g/mol. The zero-order valence-corrected chi connectivity index (χ0v) is 7.95. The molecule has 0 aliphatic rings. The van der Waals surface area contributed by atoms with Gasteiger partial charge in [0.15, 0.2) is 12.4 Å². The molecule has 1 aromatic rings. The largest absolute Gasteiger partial charge is 1.00 e. The van der Waals surface area contributed by atoms with Crippen LogP contribution in [0.2, 0.25) is 0 Å². The summed E-state index contributed by atoms with van der Waals surface area (Å²) in [5.74, 6) is -0.270. The van der Waals surface area contributed by atoms with Gasteiger partial charge in [-0.3, -0.25) is 4.79 Å². The van der Waals surface area contributed by atoms with E-state index >= 15 is 0 Å². The van der Waals surface area contributed by atoms with E-state index in [9.17, 15) is 4.79 Å². The van der Waals surface area contributed by atoms with Crippen LogP contribution in [0.1, 0.15) is 10.4 Å². The van der Waals surface area contributed by atoms with Crippen molar-refractivity contribution in [1.82, 2.24) is 5.32 Å². The Bertz CT molecular complexity index is 291. The molecule has 1 rings (SSSR count). The monoisotopic (exact) mass is 202 g/mol. The number of carbonyl (C=O) groups is 1. The van der Waals surface area contributed by atoms with Crippen LogP contribution >= 0.6 is 0 Å². The van der Waals surface area contributed by atoms with Crippen molar-refractivity contribution in [2.45, 2.75) is 0 Å². The van der Waals surface area contributed by atoms with Gasteiger partial charge in [-0.2, -0.15) is 0 Å². The number of hydrogen-bond acceptors (Lipinski definition) is 2. The van der Waals surface area contributed by atoms with Gasteiger partial charge in [0.25, 0.3) is 5.91 Å². The van der Waals surface area contributed by atoms with Crippen LogP contribution in [-0.2, 0) is 7.05 Å². The molecule has 0 radical (unpaired) electrons. The Kier molecular flexibility index (Phi) is 5.03. The molecule has 1 aromatic heterocycles. The fourth-order valence-corrected chi connectivity index (χ4v) is 0.896. The van der Waals surface area contributed by atoms with Crippen LogP contribution in [0.15, 0.2) is 24.5 Å². The molecule has 1 heterocycles. The van der Waals surface area contributed by atoms with Gasteiger partial charge >= 0.3 is 0 Å². The minimum Gasteiger partial charge on any atom is -1.00 e. The van der Waals surface area contributed by atoms with Crippen molar-refractivity contribution in [3.63, 3.8) is 0 Å². The van der Waals surface area contributed by atoms with Crippen LogP contribution in [-0.4, -0.2) is 17.7 Å². The molecule has 0 atom stereocenters. The van der Waals surface area contributed by atoms with Gasteiger partial charge in [0.05, 0.1) is 0 Å². The molecule has 2 N–H and O–H groups in total. The molecule has 4 nitrogen and oxygen atoms in total. The fourth-order valence-electron chi connectivity index (χ4n) is 0.896. The maximum Gasteiger partial charge on any atom is 0.259 e. The summed E-state index contributed by atoms with van der Waals surface area (Å²) in [4.78, 5) is 11.1. The molecule has 0 saturated carbocycles.